The van der Waals surface area contributed by atoms with Gasteiger partial charge in [0.05, 0.1) is 11.2 Å². The molecule has 1 aliphatic carbocycles. The van der Waals surface area contributed by atoms with Crippen molar-refractivity contribution in [2.75, 3.05) is 24.6 Å². The van der Waals surface area contributed by atoms with E-state index in [9.17, 15) is 9.59 Å². The number of benzene rings is 2. The van der Waals surface area contributed by atoms with Crippen molar-refractivity contribution >= 4 is 17.5 Å². The Morgan fingerprint density at radius 3 is 2.68 bits per heavy atom. The van der Waals surface area contributed by atoms with Crippen LogP contribution < -0.4 is 9.64 Å². The molecule has 0 spiro atoms. The van der Waals surface area contributed by atoms with E-state index in [4.69, 9.17) is 4.74 Å². The number of amides is 2. The second kappa shape index (κ2) is 6.66. The number of carbonyl (C=O) groups excluding carboxylic acids is 2. The molecule has 2 aromatic rings. The molecule has 2 fully saturated rings. The maximum absolute atomic E-state index is 13.4. The summed E-state index contributed by atoms with van der Waals surface area (Å²) in [5.74, 6) is 1.03. The Morgan fingerprint density at radius 1 is 1.07 bits per heavy atom. The lowest BCUT2D eigenvalue weighted by molar-refractivity contribution is -0.165. The van der Waals surface area contributed by atoms with Crippen molar-refractivity contribution in [2.45, 2.75) is 31.2 Å². The average Bonchev–Trinajstić information content (AvgIpc) is 2.72. The topological polar surface area (TPSA) is 49.9 Å². The van der Waals surface area contributed by atoms with Crippen molar-refractivity contribution in [1.82, 2.24) is 4.90 Å². The third kappa shape index (κ3) is 2.53. The highest BCUT2D eigenvalue weighted by molar-refractivity contribution is 6.02. The zero-order chi connectivity index (χ0) is 19.1. The summed E-state index contributed by atoms with van der Waals surface area (Å²) in [6, 6.07) is 17.8. The second-order valence-corrected chi connectivity index (χ2v) is 7.97. The molecular weight excluding hydrogens is 352 g/mol. The number of nitrogens with zero attached hydrogens (tertiary/aromatic N) is 2. The molecule has 5 rings (SSSR count). The summed E-state index contributed by atoms with van der Waals surface area (Å²) in [7, 11) is 0. The van der Waals surface area contributed by atoms with E-state index in [0.29, 0.717) is 17.4 Å². The molecule has 0 radical (unpaired) electrons. The van der Waals surface area contributed by atoms with Gasteiger partial charge in [-0.1, -0.05) is 55.3 Å². The summed E-state index contributed by atoms with van der Waals surface area (Å²) in [6.07, 6.45) is 4.53. The Hall–Kier alpha value is -2.82. The van der Waals surface area contributed by atoms with E-state index in [1.807, 2.05) is 35.2 Å². The van der Waals surface area contributed by atoms with Gasteiger partial charge in [-0.15, -0.1) is 0 Å². The van der Waals surface area contributed by atoms with Gasteiger partial charge in [-0.05, 0) is 30.5 Å². The number of anilines is 1. The number of likely N-dealkylation sites (tertiary alicyclic amines) is 1. The highest BCUT2D eigenvalue weighted by atomic mass is 16.5. The van der Waals surface area contributed by atoms with Crippen molar-refractivity contribution in [3.8, 4) is 5.75 Å². The lowest BCUT2D eigenvalue weighted by Gasteiger charge is -2.61. The maximum Gasteiger partial charge on any atom is 0.265 e. The van der Waals surface area contributed by atoms with E-state index in [0.717, 1.165) is 25.8 Å². The summed E-state index contributed by atoms with van der Waals surface area (Å²) in [5, 5.41) is 0. The van der Waals surface area contributed by atoms with E-state index >= 15 is 0 Å². The molecule has 1 saturated carbocycles. The summed E-state index contributed by atoms with van der Waals surface area (Å²) in [4.78, 5) is 29.5. The summed E-state index contributed by atoms with van der Waals surface area (Å²) in [5.41, 5.74) is 1.71. The number of rotatable bonds is 3. The van der Waals surface area contributed by atoms with Gasteiger partial charge in [0.15, 0.2) is 6.61 Å². The van der Waals surface area contributed by atoms with E-state index in [1.54, 1.807) is 4.90 Å². The maximum atomic E-state index is 13.4. The average molecular weight is 376 g/mol. The molecule has 0 bridgehead atoms. The van der Waals surface area contributed by atoms with Gasteiger partial charge in [0, 0.05) is 12.5 Å². The Kier molecular flexibility index (Phi) is 4.11. The molecular formula is C23H24N2O3. The molecule has 3 aliphatic rings. The van der Waals surface area contributed by atoms with Crippen molar-refractivity contribution in [3.63, 3.8) is 0 Å². The lowest BCUT2D eigenvalue weighted by Crippen LogP contribution is -2.69. The van der Waals surface area contributed by atoms with Crippen molar-refractivity contribution in [3.05, 3.63) is 60.2 Å². The van der Waals surface area contributed by atoms with E-state index in [1.165, 1.54) is 12.0 Å². The number of fused-ring (bicyclic) bond motifs is 2. The molecule has 2 aromatic carbocycles. The molecule has 2 atom stereocenters. The van der Waals surface area contributed by atoms with Crippen LogP contribution in [0.3, 0.4) is 0 Å². The minimum Gasteiger partial charge on any atom is -0.482 e. The molecule has 5 nitrogen and oxygen atoms in total. The largest absolute Gasteiger partial charge is 0.482 e. The summed E-state index contributed by atoms with van der Waals surface area (Å²) in [6.45, 7) is 0.838. The highest BCUT2D eigenvalue weighted by Gasteiger charge is 2.57. The molecule has 2 aliphatic heterocycles. The number of ether oxygens (including phenoxy) is 1. The third-order valence-corrected chi connectivity index (χ3v) is 6.60. The zero-order valence-electron chi connectivity index (χ0n) is 15.8. The van der Waals surface area contributed by atoms with Crippen LogP contribution in [0.2, 0.25) is 0 Å². The number of hydrogen-bond acceptors (Lipinski definition) is 3. The molecule has 2 amide bonds. The highest BCUT2D eigenvalue weighted by Crippen LogP contribution is 2.53. The van der Waals surface area contributed by atoms with Crippen LogP contribution in [0.15, 0.2) is 54.6 Å². The van der Waals surface area contributed by atoms with Gasteiger partial charge < -0.3 is 9.64 Å². The van der Waals surface area contributed by atoms with Gasteiger partial charge in [0.25, 0.3) is 5.91 Å². The first-order valence-corrected chi connectivity index (χ1v) is 10.1. The fourth-order valence-electron chi connectivity index (χ4n) is 5.23. The first-order chi connectivity index (χ1) is 13.7. The van der Waals surface area contributed by atoms with Crippen LogP contribution in [-0.2, 0) is 15.1 Å². The van der Waals surface area contributed by atoms with Gasteiger partial charge in [0.2, 0.25) is 5.91 Å². The van der Waals surface area contributed by atoms with Crippen LogP contribution in [0.25, 0.3) is 0 Å². The Bertz CT molecular complexity index is 913. The zero-order valence-corrected chi connectivity index (χ0v) is 15.8. The van der Waals surface area contributed by atoms with Crippen molar-refractivity contribution in [1.29, 1.82) is 0 Å². The number of hydrogen-bond donors (Lipinski definition) is 0. The first kappa shape index (κ1) is 17.3. The lowest BCUT2D eigenvalue weighted by atomic mass is 9.61. The fraction of sp³-hybridized carbons (Fsp3) is 0.391. The van der Waals surface area contributed by atoms with Crippen molar-refractivity contribution in [2.24, 2.45) is 5.92 Å². The van der Waals surface area contributed by atoms with Gasteiger partial charge >= 0.3 is 0 Å². The predicted molar refractivity (Wildman–Crippen MR) is 106 cm³/mol. The smallest absolute Gasteiger partial charge is 0.265 e. The molecule has 0 aromatic heterocycles. The molecule has 0 unspecified atom stereocenters. The predicted octanol–water partition coefficient (Wildman–Crippen LogP) is 3.34. The van der Waals surface area contributed by atoms with Crippen molar-refractivity contribution < 1.29 is 14.3 Å². The number of carbonyl (C=O) groups is 2. The van der Waals surface area contributed by atoms with Crippen LogP contribution >= 0.6 is 0 Å². The molecule has 0 N–H and O–H groups in total. The Labute approximate surface area is 164 Å². The van der Waals surface area contributed by atoms with Crippen LogP contribution in [0.5, 0.6) is 5.75 Å². The van der Waals surface area contributed by atoms with Gasteiger partial charge in [0.1, 0.15) is 12.3 Å². The van der Waals surface area contributed by atoms with Gasteiger partial charge in [-0.2, -0.15) is 0 Å². The van der Waals surface area contributed by atoms with Crippen LogP contribution in [0, 0.1) is 5.92 Å². The quantitative estimate of drug-likeness (QED) is 0.826. The Balaban J connectivity index is 1.44. The van der Waals surface area contributed by atoms with Crippen LogP contribution in [0.1, 0.15) is 31.2 Å². The standard InChI is InChI=1S/C23H24N2O3/c26-21(15-24-19-11-4-5-12-20(19)28-16-22(24)27)25-14-18-10-6-7-13-23(18,25)17-8-2-1-3-9-17/h1-5,8-9,11-12,18H,6-7,10,13-16H2/t18-,23+/m1/s1. The van der Waals surface area contributed by atoms with E-state index in [2.05, 4.69) is 24.3 Å². The minimum atomic E-state index is -0.203. The second-order valence-electron chi connectivity index (χ2n) is 7.97. The monoisotopic (exact) mass is 376 g/mol. The fourth-order valence-corrected chi connectivity index (χ4v) is 5.23. The summed E-state index contributed by atoms with van der Waals surface area (Å²) < 4.78 is 5.51. The van der Waals surface area contributed by atoms with Crippen LogP contribution in [-0.4, -0.2) is 36.4 Å². The molecule has 28 heavy (non-hydrogen) atoms. The molecule has 144 valence electrons. The third-order valence-electron chi connectivity index (χ3n) is 6.60. The van der Waals surface area contributed by atoms with E-state index < -0.39 is 0 Å². The molecule has 1 saturated heterocycles. The Morgan fingerprint density at radius 2 is 1.86 bits per heavy atom. The van der Waals surface area contributed by atoms with Gasteiger partial charge in [-0.3, -0.25) is 14.5 Å². The first-order valence-electron chi connectivity index (χ1n) is 10.1. The minimum absolute atomic E-state index is 0.0171. The summed E-state index contributed by atoms with van der Waals surface area (Å²) >= 11 is 0. The molecule has 2 heterocycles. The molecule has 5 heteroatoms. The SMILES string of the molecule is O=C1COc2ccccc2N1CC(=O)N1C[C@H]2CCCC[C@]21c1ccccc1. The van der Waals surface area contributed by atoms with Crippen LogP contribution in [0.4, 0.5) is 5.69 Å². The number of para-hydroxylation sites is 2. The van der Waals surface area contributed by atoms with Gasteiger partial charge in [-0.25, -0.2) is 0 Å². The normalized spacial score (nSPS) is 26.0. The van der Waals surface area contributed by atoms with E-state index in [-0.39, 0.29) is 30.5 Å².